The van der Waals surface area contributed by atoms with E-state index >= 15 is 0 Å². The zero-order valence-corrected chi connectivity index (χ0v) is 18.5. The molecule has 0 bridgehead atoms. The average molecular weight is 451 g/mol. The van der Waals surface area contributed by atoms with Crippen molar-refractivity contribution < 1.29 is 18.7 Å². The Bertz CT molecular complexity index is 1270. The summed E-state index contributed by atoms with van der Waals surface area (Å²) < 4.78 is 18.6. The largest absolute Gasteiger partial charge is 0.495 e. The zero-order valence-electron chi connectivity index (χ0n) is 17.7. The van der Waals surface area contributed by atoms with Crippen molar-refractivity contribution in [2.75, 3.05) is 17.3 Å². The molecule has 3 aromatic rings. The fraction of sp³-hybridized carbons (Fsp3) is 0.120. The van der Waals surface area contributed by atoms with Crippen LogP contribution in [0.15, 0.2) is 66.4 Å². The number of imide groups is 1. The second-order valence-corrected chi connectivity index (χ2v) is 7.87. The average Bonchev–Trinajstić information content (AvgIpc) is 2.99. The number of carbonyl (C=O) groups excluding carboxylic acids is 2. The van der Waals surface area contributed by atoms with Gasteiger partial charge in [-0.15, -0.1) is 0 Å². The highest BCUT2D eigenvalue weighted by Crippen LogP contribution is 2.36. The van der Waals surface area contributed by atoms with Gasteiger partial charge < -0.3 is 10.1 Å². The maximum Gasteiger partial charge on any atom is 0.282 e. The number of methoxy groups -OCH3 is 1. The summed E-state index contributed by atoms with van der Waals surface area (Å²) in [6.45, 7) is 3.84. The summed E-state index contributed by atoms with van der Waals surface area (Å²) in [5.74, 6) is -0.997. The summed E-state index contributed by atoms with van der Waals surface area (Å²) in [5.41, 5.74) is 3.70. The van der Waals surface area contributed by atoms with E-state index in [0.717, 1.165) is 16.0 Å². The standard InChI is InChI=1S/C25H20ClFN2O3/c1-14-4-10-19(15(2)12-14)22-23(28-17-7-11-21(32-3)20(26)13-17)25(31)29(24(22)30)18-8-5-16(27)6-9-18/h4-13,28H,1-3H3. The van der Waals surface area contributed by atoms with Gasteiger partial charge in [-0.1, -0.05) is 35.4 Å². The van der Waals surface area contributed by atoms with Gasteiger partial charge in [-0.05, 0) is 67.4 Å². The summed E-state index contributed by atoms with van der Waals surface area (Å²) in [6, 6.07) is 15.9. The van der Waals surface area contributed by atoms with E-state index in [-0.39, 0.29) is 17.0 Å². The number of amides is 2. The van der Waals surface area contributed by atoms with Crippen molar-refractivity contribution in [3.63, 3.8) is 0 Å². The molecule has 0 saturated heterocycles. The van der Waals surface area contributed by atoms with Gasteiger partial charge in [0.25, 0.3) is 11.8 Å². The van der Waals surface area contributed by atoms with Crippen molar-refractivity contribution in [2.45, 2.75) is 13.8 Å². The number of ether oxygens (including phenoxy) is 1. The van der Waals surface area contributed by atoms with Gasteiger partial charge in [0.15, 0.2) is 0 Å². The maximum atomic E-state index is 13.5. The number of benzene rings is 3. The quantitative estimate of drug-likeness (QED) is 0.521. The van der Waals surface area contributed by atoms with E-state index in [2.05, 4.69) is 5.32 Å². The Kier molecular flexibility index (Phi) is 5.72. The molecule has 0 radical (unpaired) electrons. The van der Waals surface area contributed by atoms with Crippen LogP contribution in [0.4, 0.5) is 15.8 Å². The Balaban J connectivity index is 1.84. The fourth-order valence-corrected chi connectivity index (χ4v) is 3.96. The third kappa shape index (κ3) is 3.85. The molecule has 0 saturated carbocycles. The highest BCUT2D eigenvalue weighted by atomic mass is 35.5. The van der Waals surface area contributed by atoms with E-state index in [1.807, 2.05) is 32.0 Å². The van der Waals surface area contributed by atoms with Crippen LogP contribution in [0, 0.1) is 19.7 Å². The molecule has 32 heavy (non-hydrogen) atoms. The van der Waals surface area contributed by atoms with E-state index in [9.17, 15) is 14.0 Å². The topological polar surface area (TPSA) is 58.6 Å². The minimum atomic E-state index is -0.538. The minimum absolute atomic E-state index is 0.118. The highest BCUT2D eigenvalue weighted by Gasteiger charge is 2.40. The number of hydrogen-bond acceptors (Lipinski definition) is 4. The molecule has 162 valence electrons. The lowest BCUT2D eigenvalue weighted by molar-refractivity contribution is -0.120. The van der Waals surface area contributed by atoms with Gasteiger partial charge in [-0.2, -0.15) is 0 Å². The van der Waals surface area contributed by atoms with Crippen LogP contribution in [-0.4, -0.2) is 18.9 Å². The summed E-state index contributed by atoms with van der Waals surface area (Å²) in [7, 11) is 1.51. The lowest BCUT2D eigenvalue weighted by Gasteiger charge is -2.15. The summed E-state index contributed by atoms with van der Waals surface area (Å²) in [5, 5.41) is 3.43. The first kappa shape index (κ1) is 21.6. The van der Waals surface area contributed by atoms with Crippen molar-refractivity contribution in [2.24, 2.45) is 0 Å². The normalized spacial score (nSPS) is 13.7. The highest BCUT2D eigenvalue weighted by molar-refractivity contribution is 6.46. The SMILES string of the molecule is COc1ccc(NC2=C(c3ccc(C)cc3C)C(=O)N(c3ccc(F)cc3)C2=O)cc1Cl. The lowest BCUT2D eigenvalue weighted by Crippen LogP contribution is -2.32. The predicted molar refractivity (Wildman–Crippen MR) is 123 cm³/mol. The molecule has 5 nitrogen and oxygen atoms in total. The van der Waals surface area contributed by atoms with Gasteiger partial charge in [-0.25, -0.2) is 9.29 Å². The van der Waals surface area contributed by atoms with Crippen LogP contribution in [0.3, 0.4) is 0 Å². The van der Waals surface area contributed by atoms with Crippen LogP contribution < -0.4 is 15.0 Å². The number of aryl methyl sites for hydroxylation is 2. The van der Waals surface area contributed by atoms with Gasteiger partial charge in [0.2, 0.25) is 0 Å². The van der Waals surface area contributed by atoms with Gasteiger partial charge in [0, 0.05) is 5.69 Å². The molecule has 0 aromatic heterocycles. The van der Waals surface area contributed by atoms with Crippen LogP contribution in [0.25, 0.3) is 5.57 Å². The molecule has 1 N–H and O–H groups in total. The van der Waals surface area contributed by atoms with Crippen LogP contribution in [0.1, 0.15) is 16.7 Å². The Morgan fingerprint density at radius 2 is 1.66 bits per heavy atom. The van der Waals surface area contributed by atoms with Crippen molar-refractivity contribution in [3.8, 4) is 5.75 Å². The molecule has 0 spiro atoms. The van der Waals surface area contributed by atoms with Crippen molar-refractivity contribution in [1.82, 2.24) is 0 Å². The van der Waals surface area contributed by atoms with Crippen LogP contribution >= 0.6 is 11.6 Å². The molecule has 1 aliphatic rings. The monoisotopic (exact) mass is 450 g/mol. The van der Waals surface area contributed by atoms with Crippen molar-refractivity contribution >= 4 is 40.4 Å². The number of halogens is 2. The van der Waals surface area contributed by atoms with E-state index in [4.69, 9.17) is 16.3 Å². The van der Waals surface area contributed by atoms with E-state index in [1.54, 1.807) is 18.2 Å². The third-order valence-electron chi connectivity index (χ3n) is 5.24. The van der Waals surface area contributed by atoms with Gasteiger partial charge >= 0.3 is 0 Å². The second-order valence-electron chi connectivity index (χ2n) is 7.46. The van der Waals surface area contributed by atoms with Gasteiger partial charge in [0.05, 0.1) is 23.4 Å². The molecule has 1 heterocycles. The molecule has 0 aliphatic carbocycles. The van der Waals surface area contributed by atoms with Crippen molar-refractivity contribution in [1.29, 1.82) is 0 Å². The van der Waals surface area contributed by atoms with Gasteiger partial charge in [-0.3, -0.25) is 9.59 Å². The summed E-state index contributed by atoms with van der Waals surface area (Å²) in [4.78, 5) is 27.9. The first-order chi connectivity index (χ1) is 15.3. The predicted octanol–water partition coefficient (Wildman–Crippen LogP) is 5.50. The molecule has 0 unspecified atom stereocenters. The summed E-state index contributed by atoms with van der Waals surface area (Å²) >= 11 is 6.24. The zero-order chi connectivity index (χ0) is 23.0. The first-order valence-corrected chi connectivity index (χ1v) is 10.2. The number of nitrogens with one attached hydrogen (secondary N) is 1. The van der Waals surface area contributed by atoms with Crippen LogP contribution in [0.5, 0.6) is 5.75 Å². The molecule has 7 heteroatoms. The molecule has 2 amide bonds. The molecule has 4 rings (SSSR count). The third-order valence-corrected chi connectivity index (χ3v) is 5.54. The summed E-state index contributed by atoms with van der Waals surface area (Å²) in [6.07, 6.45) is 0. The number of carbonyl (C=O) groups is 2. The first-order valence-electron chi connectivity index (χ1n) is 9.87. The fourth-order valence-electron chi connectivity index (χ4n) is 3.70. The molecule has 0 atom stereocenters. The van der Waals surface area contributed by atoms with Crippen LogP contribution in [0.2, 0.25) is 5.02 Å². The maximum absolute atomic E-state index is 13.5. The Morgan fingerprint density at radius 1 is 0.938 bits per heavy atom. The molecule has 0 fully saturated rings. The molecule has 1 aliphatic heterocycles. The Labute approximate surface area is 190 Å². The number of nitrogens with zero attached hydrogens (tertiary/aromatic N) is 1. The van der Waals surface area contributed by atoms with E-state index < -0.39 is 17.6 Å². The number of anilines is 2. The van der Waals surface area contributed by atoms with Gasteiger partial charge in [0.1, 0.15) is 17.3 Å². The van der Waals surface area contributed by atoms with E-state index in [1.165, 1.54) is 31.4 Å². The smallest absolute Gasteiger partial charge is 0.282 e. The molecular weight excluding hydrogens is 431 g/mol. The second kappa shape index (κ2) is 8.48. The lowest BCUT2D eigenvalue weighted by atomic mass is 9.97. The molecular formula is C25H20ClFN2O3. The Hall–Kier alpha value is -3.64. The van der Waals surface area contributed by atoms with Crippen LogP contribution in [-0.2, 0) is 9.59 Å². The van der Waals surface area contributed by atoms with E-state index in [0.29, 0.717) is 22.0 Å². The Morgan fingerprint density at radius 3 is 2.28 bits per heavy atom. The number of rotatable bonds is 5. The minimum Gasteiger partial charge on any atom is -0.495 e. The van der Waals surface area contributed by atoms with Crippen molar-refractivity contribution in [3.05, 3.63) is 93.9 Å². The number of hydrogen-bond donors (Lipinski definition) is 1. The molecule has 3 aromatic carbocycles.